The van der Waals surface area contributed by atoms with Crippen LogP contribution in [-0.4, -0.2) is 26.3 Å². The van der Waals surface area contributed by atoms with Crippen LogP contribution in [0.2, 0.25) is 0 Å². The maximum Gasteiger partial charge on any atom is 0.418 e. The number of carbonyl (C=O) groups is 1. The number of nitrogens with one attached hydrogen (secondary N) is 3. The van der Waals surface area contributed by atoms with Crippen molar-refractivity contribution in [3.63, 3.8) is 0 Å². The summed E-state index contributed by atoms with van der Waals surface area (Å²) in [5.74, 6) is -0.595. The molecule has 2 aromatic heterocycles. The number of benzene rings is 2. The Kier molecular flexibility index (Phi) is 4.90. The van der Waals surface area contributed by atoms with Crippen LogP contribution >= 0.6 is 11.3 Å². The largest absolute Gasteiger partial charge is 0.418 e. The second-order valence-electron chi connectivity index (χ2n) is 6.55. The van der Waals surface area contributed by atoms with Crippen LogP contribution < -0.4 is 10.6 Å². The fourth-order valence-corrected chi connectivity index (χ4v) is 3.77. The molecule has 3 N–H and O–H groups in total. The van der Waals surface area contributed by atoms with E-state index in [2.05, 4.69) is 31.0 Å². The number of hydrogen-bond donors (Lipinski definition) is 3. The molecule has 0 saturated carbocycles. The van der Waals surface area contributed by atoms with E-state index in [1.807, 2.05) is 19.1 Å². The van der Waals surface area contributed by atoms with E-state index in [9.17, 15) is 18.0 Å². The lowest BCUT2D eigenvalue weighted by molar-refractivity contribution is -0.136. The number of anilines is 3. The van der Waals surface area contributed by atoms with Crippen LogP contribution in [0.5, 0.6) is 0 Å². The molecular weight excluding hydrogens is 417 g/mol. The summed E-state index contributed by atoms with van der Waals surface area (Å²) < 4.78 is 39.6. The topological polar surface area (TPSA) is 95.6 Å². The summed E-state index contributed by atoms with van der Waals surface area (Å²) in [6.45, 7) is 3.09. The van der Waals surface area contributed by atoms with E-state index in [-0.39, 0.29) is 5.69 Å². The van der Waals surface area contributed by atoms with Crippen molar-refractivity contribution in [3.05, 3.63) is 47.7 Å². The Morgan fingerprint density at radius 1 is 1.13 bits per heavy atom. The molecule has 0 spiro atoms. The smallest absolute Gasteiger partial charge is 0.330 e. The lowest BCUT2D eigenvalue weighted by Gasteiger charge is -2.13. The Balaban J connectivity index is 1.64. The number of aryl methyl sites for hydroxylation is 1. The third kappa shape index (κ3) is 3.83. The molecule has 0 aliphatic carbocycles. The monoisotopic (exact) mass is 432 g/mol. The number of amides is 1. The molecule has 0 saturated heterocycles. The molecule has 11 heteroatoms. The van der Waals surface area contributed by atoms with Crippen molar-refractivity contribution in [1.82, 2.24) is 20.4 Å². The van der Waals surface area contributed by atoms with Crippen LogP contribution in [0.15, 0.2) is 36.5 Å². The average Bonchev–Trinajstić information content (AvgIpc) is 3.32. The average molecular weight is 432 g/mol. The molecule has 7 nitrogen and oxygen atoms in total. The van der Waals surface area contributed by atoms with Crippen molar-refractivity contribution in [2.45, 2.75) is 20.0 Å². The van der Waals surface area contributed by atoms with Crippen LogP contribution in [0.1, 0.15) is 18.1 Å². The van der Waals surface area contributed by atoms with E-state index in [1.54, 1.807) is 6.20 Å². The minimum absolute atomic E-state index is 0.321. The summed E-state index contributed by atoms with van der Waals surface area (Å²) in [4.78, 5) is 11.3. The first kappa shape index (κ1) is 19.8. The van der Waals surface area contributed by atoms with Gasteiger partial charge in [0.1, 0.15) is 5.01 Å². The van der Waals surface area contributed by atoms with Crippen molar-refractivity contribution in [3.8, 4) is 10.6 Å². The number of aromatic amines is 1. The third-order valence-corrected chi connectivity index (χ3v) is 5.33. The lowest BCUT2D eigenvalue weighted by atomic mass is 10.1. The number of rotatable bonds is 4. The van der Waals surface area contributed by atoms with E-state index < -0.39 is 17.6 Å². The van der Waals surface area contributed by atoms with Gasteiger partial charge in [0.2, 0.25) is 11.0 Å². The number of H-pyrrole nitrogens is 1. The van der Waals surface area contributed by atoms with Gasteiger partial charge in [0, 0.05) is 23.6 Å². The van der Waals surface area contributed by atoms with Gasteiger partial charge in [-0.3, -0.25) is 9.89 Å². The summed E-state index contributed by atoms with van der Waals surface area (Å²) in [7, 11) is 0. The molecule has 30 heavy (non-hydrogen) atoms. The molecule has 0 atom stereocenters. The number of fused-ring (bicyclic) bond motifs is 1. The van der Waals surface area contributed by atoms with Gasteiger partial charge in [-0.05, 0) is 36.8 Å². The molecule has 0 aliphatic heterocycles. The Labute approximate surface area is 172 Å². The predicted molar refractivity (Wildman–Crippen MR) is 109 cm³/mol. The molecule has 0 bridgehead atoms. The fourth-order valence-electron chi connectivity index (χ4n) is 3.02. The first-order valence-corrected chi connectivity index (χ1v) is 9.56. The van der Waals surface area contributed by atoms with Gasteiger partial charge >= 0.3 is 6.18 Å². The molecule has 2 aromatic carbocycles. The van der Waals surface area contributed by atoms with E-state index in [1.165, 1.54) is 23.5 Å². The van der Waals surface area contributed by atoms with Gasteiger partial charge in [0.05, 0.1) is 23.0 Å². The third-order valence-electron chi connectivity index (χ3n) is 4.44. The highest BCUT2D eigenvalue weighted by molar-refractivity contribution is 7.18. The number of alkyl halides is 3. The summed E-state index contributed by atoms with van der Waals surface area (Å²) >= 11 is 1.19. The van der Waals surface area contributed by atoms with E-state index in [4.69, 9.17) is 0 Å². The maximum absolute atomic E-state index is 13.2. The molecule has 0 fully saturated rings. The molecular formula is C19H15F3N6OS. The SMILES string of the molecule is CC(=O)Nc1cc(-c2nnc(Nc3ccc4[nH]ncc4c3C)s2)ccc1C(F)(F)F. The van der Waals surface area contributed by atoms with Crippen molar-refractivity contribution in [2.75, 3.05) is 10.6 Å². The van der Waals surface area contributed by atoms with Crippen molar-refractivity contribution in [2.24, 2.45) is 0 Å². The zero-order chi connectivity index (χ0) is 21.5. The highest BCUT2D eigenvalue weighted by Crippen LogP contribution is 2.38. The van der Waals surface area contributed by atoms with Gasteiger partial charge in [-0.15, -0.1) is 10.2 Å². The summed E-state index contributed by atoms with van der Waals surface area (Å²) in [5, 5.41) is 22.3. The fraction of sp³-hybridized carbons (Fsp3) is 0.158. The highest BCUT2D eigenvalue weighted by atomic mass is 32.1. The van der Waals surface area contributed by atoms with Crippen molar-refractivity contribution < 1.29 is 18.0 Å². The number of carbonyl (C=O) groups excluding carboxylic acids is 1. The number of aromatic nitrogens is 4. The number of nitrogens with zero attached hydrogens (tertiary/aromatic N) is 3. The molecule has 0 radical (unpaired) electrons. The highest BCUT2D eigenvalue weighted by Gasteiger charge is 2.34. The summed E-state index contributed by atoms with van der Waals surface area (Å²) in [5.41, 5.74) is 1.87. The van der Waals surface area contributed by atoms with Crippen molar-refractivity contribution >= 4 is 44.7 Å². The quantitative estimate of drug-likeness (QED) is 0.417. The van der Waals surface area contributed by atoms with Gasteiger partial charge in [0.25, 0.3) is 0 Å². The van der Waals surface area contributed by atoms with Crippen LogP contribution in [0, 0.1) is 6.92 Å². The van der Waals surface area contributed by atoms with Crippen LogP contribution in [-0.2, 0) is 11.0 Å². The second-order valence-corrected chi connectivity index (χ2v) is 7.52. The maximum atomic E-state index is 13.2. The minimum atomic E-state index is -4.59. The molecule has 4 rings (SSSR count). The van der Waals surface area contributed by atoms with Gasteiger partial charge < -0.3 is 10.6 Å². The zero-order valence-electron chi connectivity index (χ0n) is 15.8. The Hall–Kier alpha value is -3.47. The van der Waals surface area contributed by atoms with Gasteiger partial charge in [-0.25, -0.2) is 0 Å². The molecule has 4 aromatic rings. The number of halogens is 3. The van der Waals surface area contributed by atoms with Gasteiger partial charge in [0.15, 0.2) is 0 Å². The van der Waals surface area contributed by atoms with Crippen LogP contribution in [0.3, 0.4) is 0 Å². The van der Waals surface area contributed by atoms with Crippen LogP contribution in [0.25, 0.3) is 21.5 Å². The first-order chi connectivity index (χ1) is 14.2. The normalized spacial score (nSPS) is 11.6. The van der Waals surface area contributed by atoms with Gasteiger partial charge in [-0.2, -0.15) is 18.3 Å². The van der Waals surface area contributed by atoms with E-state index in [0.717, 1.165) is 35.1 Å². The molecule has 1 amide bonds. The molecule has 154 valence electrons. The van der Waals surface area contributed by atoms with Gasteiger partial charge in [-0.1, -0.05) is 17.4 Å². The van der Waals surface area contributed by atoms with Crippen molar-refractivity contribution in [1.29, 1.82) is 0 Å². The zero-order valence-corrected chi connectivity index (χ0v) is 16.6. The summed E-state index contributed by atoms with van der Waals surface area (Å²) in [6, 6.07) is 7.24. The van der Waals surface area contributed by atoms with E-state index in [0.29, 0.717) is 15.7 Å². The lowest BCUT2D eigenvalue weighted by Crippen LogP contribution is -2.13. The minimum Gasteiger partial charge on any atom is -0.330 e. The Bertz CT molecular complexity index is 1250. The standard InChI is InChI=1S/C19H15F3N6OS/c1-9-12-8-23-26-15(12)6-5-14(9)25-18-28-27-17(30-18)11-3-4-13(19(20,21)22)16(7-11)24-10(2)29/h3-8H,1-2H3,(H,23,26)(H,24,29)(H,25,28). The predicted octanol–water partition coefficient (Wildman–Crippen LogP) is 5.11. The molecule has 2 heterocycles. The Morgan fingerprint density at radius 3 is 2.67 bits per heavy atom. The Morgan fingerprint density at radius 2 is 1.93 bits per heavy atom. The summed E-state index contributed by atoms with van der Waals surface area (Å²) in [6.07, 6.45) is -2.86. The molecule has 0 aliphatic rings. The van der Waals surface area contributed by atoms with Crippen LogP contribution in [0.4, 0.5) is 29.7 Å². The molecule has 0 unspecified atom stereocenters. The second kappa shape index (κ2) is 7.41. The number of hydrogen-bond acceptors (Lipinski definition) is 6. The van der Waals surface area contributed by atoms with E-state index >= 15 is 0 Å². The first-order valence-electron chi connectivity index (χ1n) is 8.75.